The minimum absolute atomic E-state index is 0.0621. The van der Waals surface area contributed by atoms with Crippen molar-refractivity contribution in [2.45, 2.75) is 19.4 Å². The average molecular weight is 258 g/mol. The fraction of sp³-hybridized carbons (Fsp3) is 0.636. The first kappa shape index (κ1) is 12.4. The molecule has 5 nitrogen and oxygen atoms in total. The van der Waals surface area contributed by atoms with E-state index in [2.05, 4.69) is 16.9 Å². The number of rotatable bonds is 3. The van der Waals surface area contributed by atoms with Crippen molar-refractivity contribution < 1.29 is 9.84 Å². The Bertz CT molecular complexity index is 402. The number of aliphatic hydroxyl groups is 1. The third-order valence-corrected chi connectivity index (χ3v) is 3.49. The number of ether oxygens (including phenoxy) is 1. The molecule has 1 aromatic heterocycles. The first-order valence-electron chi connectivity index (χ1n) is 5.61. The second kappa shape index (κ2) is 5.06. The maximum Gasteiger partial charge on any atom is 0.318 e. The Kier molecular flexibility index (Phi) is 3.69. The first-order chi connectivity index (χ1) is 8.17. The molecule has 2 unspecified atom stereocenters. The van der Waals surface area contributed by atoms with Crippen molar-refractivity contribution in [2.75, 3.05) is 25.2 Å². The molecule has 2 heterocycles. The molecule has 94 valence electrons. The summed E-state index contributed by atoms with van der Waals surface area (Å²) < 4.78 is 5.00. The van der Waals surface area contributed by atoms with Crippen LogP contribution in [0.4, 0.5) is 5.82 Å². The van der Waals surface area contributed by atoms with E-state index in [1.807, 2.05) is 4.90 Å². The molecule has 1 N–H and O–H groups in total. The van der Waals surface area contributed by atoms with Crippen LogP contribution >= 0.6 is 11.6 Å². The van der Waals surface area contributed by atoms with E-state index < -0.39 is 0 Å². The maximum absolute atomic E-state index is 9.43. The summed E-state index contributed by atoms with van der Waals surface area (Å²) in [6.45, 7) is 3.06. The van der Waals surface area contributed by atoms with Crippen LogP contribution in [-0.4, -0.2) is 41.4 Å². The molecule has 1 aromatic rings. The van der Waals surface area contributed by atoms with E-state index in [4.69, 9.17) is 16.3 Å². The summed E-state index contributed by atoms with van der Waals surface area (Å²) in [6.07, 6.45) is 2.55. The van der Waals surface area contributed by atoms with E-state index in [0.29, 0.717) is 22.8 Å². The fourth-order valence-electron chi connectivity index (χ4n) is 2.19. The topological polar surface area (TPSA) is 58.5 Å². The number of halogens is 1. The maximum atomic E-state index is 9.43. The Morgan fingerprint density at radius 2 is 2.41 bits per heavy atom. The second-order valence-electron chi connectivity index (χ2n) is 4.24. The van der Waals surface area contributed by atoms with Crippen LogP contribution < -0.4 is 9.64 Å². The number of aromatic nitrogens is 2. The standard InChI is InChI=1S/C11H16ClN3O2/c1-7-3-4-15(9(7)6-16)10-8(12)5-13-11(14-10)17-2/h5,7,9,16H,3-4,6H2,1-2H3. The summed E-state index contributed by atoms with van der Waals surface area (Å²) in [5.41, 5.74) is 0. The van der Waals surface area contributed by atoms with Crippen molar-refractivity contribution in [2.24, 2.45) is 5.92 Å². The van der Waals surface area contributed by atoms with Crippen LogP contribution in [0, 0.1) is 5.92 Å². The van der Waals surface area contributed by atoms with Crippen LogP contribution in [0.25, 0.3) is 0 Å². The average Bonchev–Trinajstić information content (AvgIpc) is 2.71. The van der Waals surface area contributed by atoms with Gasteiger partial charge in [-0.1, -0.05) is 18.5 Å². The molecule has 0 aromatic carbocycles. The molecule has 0 spiro atoms. The summed E-state index contributed by atoms with van der Waals surface area (Å²) in [7, 11) is 1.52. The highest BCUT2D eigenvalue weighted by Crippen LogP contribution is 2.33. The van der Waals surface area contributed by atoms with Gasteiger partial charge in [0.05, 0.1) is 26.0 Å². The fourth-order valence-corrected chi connectivity index (χ4v) is 2.39. The van der Waals surface area contributed by atoms with E-state index in [9.17, 15) is 5.11 Å². The lowest BCUT2D eigenvalue weighted by Crippen LogP contribution is -2.36. The molecule has 0 amide bonds. The summed E-state index contributed by atoms with van der Waals surface area (Å²) in [6, 6.07) is 0.354. The molecule has 0 radical (unpaired) electrons. The van der Waals surface area contributed by atoms with Crippen molar-refractivity contribution in [3.63, 3.8) is 0 Å². The van der Waals surface area contributed by atoms with Gasteiger partial charge >= 0.3 is 6.01 Å². The summed E-state index contributed by atoms with van der Waals surface area (Å²) in [4.78, 5) is 10.2. The molecule has 1 aliphatic heterocycles. The lowest BCUT2D eigenvalue weighted by Gasteiger charge is -2.26. The van der Waals surface area contributed by atoms with Crippen molar-refractivity contribution in [3.8, 4) is 6.01 Å². The van der Waals surface area contributed by atoms with Gasteiger partial charge in [0, 0.05) is 6.54 Å². The number of nitrogens with zero attached hydrogens (tertiary/aromatic N) is 3. The third kappa shape index (κ3) is 2.30. The number of methoxy groups -OCH3 is 1. The van der Waals surface area contributed by atoms with Crippen molar-refractivity contribution in [1.82, 2.24) is 9.97 Å². The molecule has 17 heavy (non-hydrogen) atoms. The zero-order valence-electron chi connectivity index (χ0n) is 9.93. The van der Waals surface area contributed by atoms with Gasteiger partial charge in [0.15, 0.2) is 5.82 Å². The quantitative estimate of drug-likeness (QED) is 0.886. The van der Waals surface area contributed by atoms with Crippen molar-refractivity contribution in [1.29, 1.82) is 0 Å². The second-order valence-corrected chi connectivity index (χ2v) is 4.64. The number of aliphatic hydroxyl groups excluding tert-OH is 1. The Hall–Kier alpha value is -1.07. The summed E-state index contributed by atoms with van der Waals surface area (Å²) in [5.74, 6) is 1.07. The summed E-state index contributed by atoms with van der Waals surface area (Å²) in [5, 5.41) is 9.91. The summed E-state index contributed by atoms with van der Waals surface area (Å²) >= 11 is 6.10. The zero-order chi connectivity index (χ0) is 12.4. The van der Waals surface area contributed by atoms with E-state index in [1.54, 1.807) is 0 Å². The molecular weight excluding hydrogens is 242 g/mol. The monoisotopic (exact) mass is 257 g/mol. The minimum atomic E-state index is 0.0621. The van der Waals surface area contributed by atoms with Crippen LogP contribution in [0.15, 0.2) is 6.20 Å². The number of hydrogen-bond donors (Lipinski definition) is 1. The lowest BCUT2D eigenvalue weighted by molar-refractivity contribution is 0.244. The molecule has 2 atom stereocenters. The highest BCUT2D eigenvalue weighted by Gasteiger charge is 2.32. The van der Waals surface area contributed by atoms with Crippen molar-refractivity contribution in [3.05, 3.63) is 11.2 Å². The smallest absolute Gasteiger partial charge is 0.318 e. The van der Waals surface area contributed by atoms with Crippen LogP contribution in [0.2, 0.25) is 5.02 Å². The Morgan fingerprint density at radius 3 is 3.06 bits per heavy atom. The molecule has 0 saturated carbocycles. The zero-order valence-corrected chi connectivity index (χ0v) is 10.7. The van der Waals surface area contributed by atoms with Crippen LogP contribution in [-0.2, 0) is 0 Å². The predicted octanol–water partition coefficient (Wildman–Crippen LogP) is 1.35. The molecule has 0 bridgehead atoms. The minimum Gasteiger partial charge on any atom is -0.467 e. The highest BCUT2D eigenvalue weighted by atomic mass is 35.5. The van der Waals surface area contributed by atoms with Gasteiger partial charge < -0.3 is 14.7 Å². The molecule has 1 fully saturated rings. The van der Waals surface area contributed by atoms with Crippen LogP contribution in [0.3, 0.4) is 0 Å². The molecule has 2 rings (SSSR count). The first-order valence-corrected chi connectivity index (χ1v) is 5.99. The van der Waals surface area contributed by atoms with Gasteiger partial charge in [-0.2, -0.15) is 4.98 Å². The van der Waals surface area contributed by atoms with Gasteiger partial charge in [0.1, 0.15) is 5.02 Å². The number of hydrogen-bond acceptors (Lipinski definition) is 5. The van der Waals surface area contributed by atoms with Gasteiger partial charge in [-0.3, -0.25) is 0 Å². The van der Waals surface area contributed by atoms with E-state index in [0.717, 1.165) is 13.0 Å². The Balaban J connectivity index is 2.32. The largest absolute Gasteiger partial charge is 0.467 e. The van der Waals surface area contributed by atoms with Gasteiger partial charge in [-0.15, -0.1) is 0 Å². The molecule has 1 aliphatic rings. The lowest BCUT2D eigenvalue weighted by atomic mass is 10.0. The molecule has 0 aliphatic carbocycles. The van der Waals surface area contributed by atoms with Gasteiger partial charge in [0.2, 0.25) is 0 Å². The van der Waals surface area contributed by atoms with E-state index >= 15 is 0 Å². The molecular formula is C11H16ClN3O2. The molecule has 6 heteroatoms. The molecule has 1 saturated heterocycles. The third-order valence-electron chi connectivity index (χ3n) is 3.23. The normalized spacial score (nSPS) is 24.1. The van der Waals surface area contributed by atoms with Crippen LogP contribution in [0.5, 0.6) is 6.01 Å². The number of anilines is 1. The highest BCUT2D eigenvalue weighted by molar-refractivity contribution is 6.32. The van der Waals surface area contributed by atoms with E-state index in [1.165, 1.54) is 13.3 Å². The Morgan fingerprint density at radius 1 is 1.65 bits per heavy atom. The van der Waals surface area contributed by atoms with Crippen molar-refractivity contribution >= 4 is 17.4 Å². The van der Waals surface area contributed by atoms with Gasteiger partial charge in [0.25, 0.3) is 0 Å². The van der Waals surface area contributed by atoms with Crippen LogP contribution in [0.1, 0.15) is 13.3 Å². The van der Waals surface area contributed by atoms with E-state index in [-0.39, 0.29) is 12.6 Å². The van der Waals surface area contributed by atoms with Gasteiger partial charge in [-0.05, 0) is 12.3 Å². The SMILES string of the molecule is COc1ncc(Cl)c(N2CCC(C)C2CO)n1. The predicted molar refractivity (Wildman–Crippen MR) is 65.6 cm³/mol. The van der Waals surface area contributed by atoms with Gasteiger partial charge in [-0.25, -0.2) is 4.98 Å². The Labute approximate surface area is 105 Å².